The van der Waals surface area contributed by atoms with E-state index < -0.39 is 22.7 Å². The van der Waals surface area contributed by atoms with Crippen molar-refractivity contribution in [3.8, 4) is 0 Å². The molecule has 1 aromatic heterocycles. The first-order valence-corrected chi connectivity index (χ1v) is 5.15. The molecule has 1 heterocycles. The van der Waals surface area contributed by atoms with Crippen molar-refractivity contribution in [3.63, 3.8) is 0 Å². The first-order valence-electron chi connectivity index (χ1n) is 3.65. The van der Waals surface area contributed by atoms with Crippen molar-refractivity contribution >= 4 is 33.3 Å². The number of nitro groups is 1. The quantitative estimate of drug-likeness (QED) is 0.488. The van der Waals surface area contributed by atoms with E-state index in [0.717, 1.165) is 6.07 Å². The van der Waals surface area contributed by atoms with Gasteiger partial charge in [-0.1, -0.05) is 27.5 Å². The number of aromatic nitrogens is 1. The molecule has 0 unspecified atom stereocenters. The van der Waals surface area contributed by atoms with Gasteiger partial charge in [-0.15, -0.1) is 0 Å². The summed E-state index contributed by atoms with van der Waals surface area (Å²) in [7, 11) is 0. The monoisotopic (exact) mass is 300 g/mol. The molecule has 1 rings (SSSR count). The van der Waals surface area contributed by atoms with Gasteiger partial charge in [-0.3, -0.25) is 0 Å². The van der Waals surface area contributed by atoms with Crippen LogP contribution in [0.15, 0.2) is 6.07 Å². The van der Waals surface area contributed by atoms with Gasteiger partial charge in [0.15, 0.2) is 5.69 Å². The largest absolute Gasteiger partial charge is 0.365 e. The molecule has 0 saturated heterocycles. The lowest BCUT2D eigenvalue weighted by Crippen LogP contribution is -2.01. The zero-order valence-corrected chi connectivity index (χ0v) is 9.43. The smallest absolute Gasteiger partial charge is 0.358 e. The van der Waals surface area contributed by atoms with Crippen LogP contribution >= 0.6 is 27.5 Å². The molecule has 0 bridgehead atoms. The third kappa shape index (κ3) is 2.60. The fourth-order valence-electron chi connectivity index (χ4n) is 0.985. The second kappa shape index (κ2) is 4.80. The fourth-order valence-corrected chi connectivity index (χ4v) is 1.70. The highest BCUT2D eigenvalue weighted by molar-refractivity contribution is 9.08. The third-order valence-corrected chi connectivity index (χ3v) is 2.45. The van der Waals surface area contributed by atoms with E-state index in [4.69, 9.17) is 11.6 Å². The molecule has 0 aromatic carbocycles. The summed E-state index contributed by atoms with van der Waals surface area (Å²) in [6.45, 7) is 0. The van der Waals surface area contributed by atoms with Crippen LogP contribution in [-0.2, 0) is 5.33 Å². The topological polar surface area (TPSA) is 56.0 Å². The van der Waals surface area contributed by atoms with Crippen LogP contribution in [0, 0.1) is 10.1 Å². The van der Waals surface area contributed by atoms with Crippen LogP contribution in [0.3, 0.4) is 0 Å². The van der Waals surface area contributed by atoms with Gasteiger partial charge in [0.25, 0.3) is 6.43 Å². The zero-order chi connectivity index (χ0) is 11.6. The average Bonchev–Trinajstić information content (AvgIpc) is 2.15. The Morgan fingerprint density at radius 1 is 1.67 bits per heavy atom. The van der Waals surface area contributed by atoms with Crippen molar-refractivity contribution in [1.29, 1.82) is 0 Å². The van der Waals surface area contributed by atoms with Crippen LogP contribution in [0.2, 0.25) is 5.02 Å². The van der Waals surface area contributed by atoms with Crippen molar-refractivity contribution < 1.29 is 13.7 Å². The Bertz CT molecular complexity index is 403. The Morgan fingerprint density at radius 2 is 2.27 bits per heavy atom. The van der Waals surface area contributed by atoms with Crippen LogP contribution in [0.25, 0.3) is 0 Å². The number of halogens is 4. The maximum atomic E-state index is 12.5. The van der Waals surface area contributed by atoms with E-state index in [1.165, 1.54) is 0 Å². The minimum absolute atomic E-state index is 0.0198. The molecule has 82 valence electrons. The minimum atomic E-state index is -2.81. The van der Waals surface area contributed by atoms with E-state index >= 15 is 0 Å². The molecule has 0 atom stereocenters. The van der Waals surface area contributed by atoms with Crippen molar-refractivity contribution in [2.45, 2.75) is 11.8 Å². The summed E-state index contributed by atoms with van der Waals surface area (Å²) in [5.41, 5.74) is -0.594. The van der Waals surface area contributed by atoms with Gasteiger partial charge in [-0.2, -0.15) is 0 Å². The standard InChI is InChI=1S/C7H4BrClF2N2O2/c8-2-4-6(7(10)11)3(9)1-5(12-4)13(14)15/h1,7H,2H2. The number of rotatable bonds is 3. The molecule has 0 aliphatic carbocycles. The molecule has 1 aromatic rings. The van der Waals surface area contributed by atoms with Crippen LogP contribution in [-0.4, -0.2) is 9.91 Å². The predicted octanol–water partition coefficient (Wildman–Crippen LogP) is 3.48. The summed E-state index contributed by atoms with van der Waals surface area (Å²) in [6.07, 6.45) is -2.81. The van der Waals surface area contributed by atoms with E-state index in [0.29, 0.717) is 0 Å². The van der Waals surface area contributed by atoms with Crippen molar-refractivity contribution in [2.75, 3.05) is 0 Å². The fraction of sp³-hybridized carbons (Fsp3) is 0.286. The third-order valence-electron chi connectivity index (χ3n) is 1.61. The van der Waals surface area contributed by atoms with Crippen LogP contribution < -0.4 is 0 Å². The van der Waals surface area contributed by atoms with Gasteiger partial charge in [0.2, 0.25) is 0 Å². The molecule has 0 aliphatic heterocycles. The number of alkyl halides is 3. The lowest BCUT2D eigenvalue weighted by Gasteiger charge is -2.04. The van der Waals surface area contributed by atoms with Gasteiger partial charge in [-0.25, -0.2) is 8.78 Å². The summed E-state index contributed by atoms with van der Waals surface area (Å²) in [6, 6.07) is 0.815. The number of hydrogen-bond donors (Lipinski definition) is 0. The number of nitrogens with zero attached hydrogens (tertiary/aromatic N) is 2. The van der Waals surface area contributed by atoms with E-state index in [-0.39, 0.29) is 16.0 Å². The highest BCUT2D eigenvalue weighted by atomic mass is 79.9. The van der Waals surface area contributed by atoms with Gasteiger partial charge in [0, 0.05) is 0 Å². The highest BCUT2D eigenvalue weighted by Crippen LogP contribution is 2.32. The molecule has 0 N–H and O–H groups in total. The Balaban J connectivity index is 3.37. The summed E-state index contributed by atoms with van der Waals surface area (Å²) in [5, 5.41) is 10.0. The summed E-state index contributed by atoms with van der Waals surface area (Å²) >= 11 is 8.42. The second-order valence-electron chi connectivity index (χ2n) is 2.51. The minimum Gasteiger partial charge on any atom is -0.358 e. The lowest BCUT2D eigenvalue weighted by atomic mass is 10.2. The maximum Gasteiger partial charge on any atom is 0.365 e. The van der Waals surface area contributed by atoms with Gasteiger partial charge < -0.3 is 10.1 Å². The van der Waals surface area contributed by atoms with E-state index in [2.05, 4.69) is 20.9 Å². The molecule has 0 spiro atoms. The Labute approximate surface area is 96.5 Å². The Hall–Kier alpha value is -0.820. The molecule has 8 heteroatoms. The molecule has 0 fully saturated rings. The van der Waals surface area contributed by atoms with Crippen LogP contribution in [0.1, 0.15) is 17.7 Å². The Kier molecular flexibility index (Phi) is 3.92. The van der Waals surface area contributed by atoms with E-state index in [1.54, 1.807) is 0 Å². The summed E-state index contributed by atoms with van der Waals surface area (Å²) in [4.78, 5) is 13.1. The van der Waals surface area contributed by atoms with Gasteiger partial charge in [0.05, 0.1) is 22.0 Å². The van der Waals surface area contributed by atoms with Gasteiger partial charge in [-0.05, 0) is 9.91 Å². The molecule has 4 nitrogen and oxygen atoms in total. The SMILES string of the molecule is O=[N+]([O-])c1cc(Cl)c(C(F)F)c(CBr)n1. The van der Waals surface area contributed by atoms with Crippen LogP contribution in [0.5, 0.6) is 0 Å². The first-order chi connectivity index (χ1) is 6.97. The molecule has 0 saturated carbocycles. The van der Waals surface area contributed by atoms with Crippen LogP contribution in [0.4, 0.5) is 14.6 Å². The van der Waals surface area contributed by atoms with E-state index in [9.17, 15) is 18.9 Å². The highest BCUT2D eigenvalue weighted by Gasteiger charge is 2.24. The van der Waals surface area contributed by atoms with Gasteiger partial charge >= 0.3 is 5.82 Å². The Morgan fingerprint density at radius 3 is 2.67 bits per heavy atom. The molecule has 0 amide bonds. The maximum absolute atomic E-state index is 12.5. The molecule has 0 aliphatic rings. The van der Waals surface area contributed by atoms with Crippen molar-refractivity contribution in [1.82, 2.24) is 4.98 Å². The summed E-state index contributed by atoms with van der Waals surface area (Å²) in [5.74, 6) is -0.543. The number of hydrogen-bond acceptors (Lipinski definition) is 3. The van der Waals surface area contributed by atoms with Crippen molar-refractivity contribution in [2.24, 2.45) is 0 Å². The molecule has 0 radical (unpaired) electrons. The average molecular weight is 301 g/mol. The van der Waals surface area contributed by atoms with E-state index in [1.807, 2.05) is 0 Å². The zero-order valence-electron chi connectivity index (χ0n) is 7.08. The lowest BCUT2D eigenvalue weighted by molar-refractivity contribution is -0.389. The summed E-state index contributed by atoms with van der Waals surface area (Å²) < 4.78 is 25.0. The molecular formula is C7H4BrClF2N2O2. The van der Waals surface area contributed by atoms with Crippen molar-refractivity contribution in [3.05, 3.63) is 32.5 Å². The molecular weight excluding hydrogens is 297 g/mol. The predicted molar refractivity (Wildman–Crippen MR) is 53.5 cm³/mol. The number of pyridine rings is 1. The first kappa shape index (κ1) is 12.3. The molecule has 15 heavy (non-hydrogen) atoms. The van der Waals surface area contributed by atoms with Gasteiger partial charge in [0.1, 0.15) is 0 Å². The second-order valence-corrected chi connectivity index (χ2v) is 3.48. The normalized spacial score (nSPS) is 10.7.